The van der Waals surface area contributed by atoms with Crippen LogP contribution in [-0.2, 0) is 8.92 Å². The molecule has 0 aromatic heterocycles. The molecule has 0 atom stereocenters. The minimum atomic E-state index is -2.92. The van der Waals surface area contributed by atoms with E-state index in [9.17, 15) is 13.9 Å². The standard InChI is InChI=1S/C11H23NO5S/c1-11(2,3)16-10(13)12-7-5-9(6-8-12)17-18(4,14)15/h9,14-15H,5-8H2,1-4H3. The molecule has 0 unspecified atom stereocenters. The molecule has 7 heteroatoms. The van der Waals surface area contributed by atoms with Crippen LogP contribution < -0.4 is 0 Å². The summed E-state index contributed by atoms with van der Waals surface area (Å²) < 4.78 is 28.8. The van der Waals surface area contributed by atoms with Crippen molar-refractivity contribution in [2.75, 3.05) is 19.3 Å². The van der Waals surface area contributed by atoms with Crippen LogP contribution in [0.4, 0.5) is 4.79 Å². The number of hydrogen-bond donors (Lipinski definition) is 2. The zero-order valence-electron chi connectivity index (χ0n) is 11.4. The van der Waals surface area contributed by atoms with Crippen molar-refractivity contribution in [3.05, 3.63) is 0 Å². The third-order valence-corrected chi connectivity index (χ3v) is 3.05. The van der Waals surface area contributed by atoms with Gasteiger partial charge in [0, 0.05) is 19.3 Å². The van der Waals surface area contributed by atoms with Gasteiger partial charge in [-0.3, -0.25) is 4.18 Å². The monoisotopic (exact) mass is 281 g/mol. The molecule has 0 aromatic rings. The van der Waals surface area contributed by atoms with Crippen molar-refractivity contribution >= 4 is 17.0 Å². The van der Waals surface area contributed by atoms with Gasteiger partial charge in [-0.2, -0.15) is 0 Å². The van der Waals surface area contributed by atoms with Gasteiger partial charge in [-0.25, -0.2) is 4.79 Å². The van der Waals surface area contributed by atoms with E-state index in [2.05, 4.69) is 0 Å². The van der Waals surface area contributed by atoms with Gasteiger partial charge in [0.2, 0.25) is 0 Å². The number of amides is 1. The van der Waals surface area contributed by atoms with Gasteiger partial charge in [-0.15, -0.1) is 0 Å². The summed E-state index contributed by atoms with van der Waals surface area (Å²) in [4.78, 5) is 13.4. The fraction of sp³-hybridized carbons (Fsp3) is 0.909. The molecule has 1 aliphatic heterocycles. The number of ether oxygens (including phenoxy) is 1. The maximum atomic E-state index is 11.8. The number of rotatable bonds is 2. The Labute approximate surface area is 110 Å². The van der Waals surface area contributed by atoms with E-state index in [1.54, 1.807) is 4.90 Å². The van der Waals surface area contributed by atoms with Gasteiger partial charge in [-0.05, 0) is 33.6 Å². The van der Waals surface area contributed by atoms with Crippen LogP contribution in [0.15, 0.2) is 0 Å². The molecule has 1 amide bonds. The minimum absolute atomic E-state index is 0.210. The van der Waals surface area contributed by atoms with Gasteiger partial charge in [-0.1, -0.05) is 0 Å². The first-order valence-electron chi connectivity index (χ1n) is 5.96. The van der Waals surface area contributed by atoms with Gasteiger partial charge in [0.05, 0.1) is 17.0 Å². The Morgan fingerprint density at radius 2 is 1.78 bits per heavy atom. The molecule has 1 heterocycles. The molecular formula is C11H23NO5S. The SMILES string of the molecule is CC(C)(C)OC(=O)N1CCC(OS(C)(O)O)CC1. The summed E-state index contributed by atoms with van der Waals surface area (Å²) in [6.07, 6.45) is 1.89. The topological polar surface area (TPSA) is 79.2 Å². The molecular weight excluding hydrogens is 258 g/mol. The maximum Gasteiger partial charge on any atom is 0.410 e. The van der Waals surface area contributed by atoms with Gasteiger partial charge >= 0.3 is 6.09 Å². The first kappa shape index (κ1) is 15.6. The van der Waals surface area contributed by atoms with Crippen molar-refractivity contribution in [2.45, 2.75) is 45.3 Å². The lowest BCUT2D eigenvalue weighted by Crippen LogP contribution is -2.43. The Kier molecular flexibility index (Phi) is 4.88. The second-order valence-corrected chi connectivity index (χ2v) is 7.24. The fourth-order valence-corrected chi connectivity index (χ4v) is 2.43. The van der Waals surface area contributed by atoms with Gasteiger partial charge in [0.25, 0.3) is 0 Å². The first-order valence-corrected chi connectivity index (χ1v) is 7.84. The Morgan fingerprint density at radius 1 is 1.28 bits per heavy atom. The lowest BCUT2D eigenvalue weighted by atomic mass is 10.1. The first-order chi connectivity index (χ1) is 8.07. The molecule has 1 saturated heterocycles. The Bertz CT molecular complexity index is 289. The number of carbonyl (C=O) groups is 1. The average molecular weight is 281 g/mol. The molecule has 1 aliphatic rings. The predicted octanol–water partition coefficient (Wildman–Crippen LogP) is 2.70. The number of hydrogen-bond acceptors (Lipinski definition) is 5. The average Bonchev–Trinajstić information content (AvgIpc) is 2.13. The second-order valence-electron chi connectivity index (χ2n) is 5.53. The highest BCUT2D eigenvalue weighted by atomic mass is 32.3. The van der Waals surface area contributed by atoms with E-state index in [4.69, 9.17) is 8.92 Å². The van der Waals surface area contributed by atoms with E-state index in [1.807, 2.05) is 20.8 Å². The maximum absolute atomic E-state index is 11.8. The number of nitrogens with zero attached hydrogens (tertiary/aromatic N) is 1. The number of piperidine rings is 1. The number of carbonyl (C=O) groups excluding carboxylic acids is 1. The van der Waals surface area contributed by atoms with E-state index in [1.165, 1.54) is 6.26 Å². The Balaban J connectivity index is 2.37. The van der Waals surface area contributed by atoms with E-state index < -0.39 is 16.5 Å². The largest absolute Gasteiger partial charge is 0.444 e. The zero-order valence-corrected chi connectivity index (χ0v) is 12.2. The van der Waals surface area contributed by atoms with Crippen molar-refractivity contribution in [1.29, 1.82) is 0 Å². The molecule has 0 aliphatic carbocycles. The highest BCUT2D eigenvalue weighted by Crippen LogP contribution is 2.38. The van der Waals surface area contributed by atoms with Crippen molar-refractivity contribution in [3.63, 3.8) is 0 Å². The van der Waals surface area contributed by atoms with Crippen LogP contribution in [-0.4, -0.2) is 51.1 Å². The summed E-state index contributed by atoms with van der Waals surface area (Å²) in [6, 6.07) is 0. The van der Waals surface area contributed by atoms with Crippen LogP contribution in [0, 0.1) is 0 Å². The molecule has 0 saturated carbocycles. The van der Waals surface area contributed by atoms with Crippen molar-refractivity contribution in [2.24, 2.45) is 0 Å². The van der Waals surface area contributed by atoms with Crippen LogP contribution in [0.5, 0.6) is 0 Å². The quantitative estimate of drug-likeness (QED) is 0.813. The van der Waals surface area contributed by atoms with E-state index >= 15 is 0 Å². The fourth-order valence-electron chi connectivity index (χ4n) is 1.72. The third kappa shape index (κ3) is 5.90. The second kappa shape index (κ2) is 5.64. The number of likely N-dealkylation sites (tertiary alicyclic amines) is 1. The predicted molar refractivity (Wildman–Crippen MR) is 70.7 cm³/mol. The molecule has 0 radical (unpaired) electrons. The van der Waals surface area contributed by atoms with Gasteiger partial charge < -0.3 is 18.7 Å². The minimum Gasteiger partial charge on any atom is -0.444 e. The Hall–Kier alpha value is -0.500. The third-order valence-electron chi connectivity index (χ3n) is 2.41. The van der Waals surface area contributed by atoms with Crippen molar-refractivity contribution < 1.29 is 22.8 Å². The molecule has 0 aromatic carbocycles. The van der Waals surface area contributed by atoms with Crippen LogP contribution in [0.2, 0.25) is 0 Å². The van der Waals surface area contributed by atoms with Crippen LogP contribution in [0.1, 0.15) is 33.6 Å². The highest BCUT2D eigenvalue weighted by Gasteiger charge is 2.29. The van der Waals surface area contributed by atoms with Crippen LogP contribution in [0.25, 0.3) is 0 Å². The van der Waals surface area contributed by atoms with E-state index in [-0.39, 0.29) is 12.2 Å². The lowest BCUT2D eigenvalue weighted by Gasteiger charge is -2.35. The Morgan fingerprint density at radius 3 is 2.17 bits per heavy atom. The zero-order chi connectivity index (χ0) is 14.0. The molecule has 2 N–H and O–H groups in total. The summed E-state index contributed by atoms with van der Waals surface area (Å²) in [5.41, 5.74) is -0.497. The van der Waals surface area contributed by atoms with Gasteiger partial charge in [0.1, 0.15) is 5.60 Å². The summed E-state index contributed by atoms with van der Waals surface area (Å²) in [7, 11) is -2.92. The van der Waals surface area contributed by atoms with E-state index in [0.29, 0.717) is 25.9 Å². The molecule has 6 nitrogen and oxygen atoms in total. The van der Waals surface area contributed by atoms with Gasteiger partial charge in [0.15, 0.2) is 0 Å². The molecule has 0 spiro atoms. The smallest absolute Gasteiger partial charge is 0.410 e. The molecule has 1 fully saturated rings. The normalized spacial score (nSPS) is 19.8. The summed E-state index contributed by atoms with van der Waals surface area (Å²) in [5.74, 6) is 0. The van der Waals surface area contributed by atoms with Crippen molar-refractivity contribution in [3.8, 4) is 0 Å². The lowest BCUT2D eigenvalue weighted by molar-refractivity contribution is 0.0124. The summed E-state index contributed by atoms with van der Waals surface area (Å²) >= 11 is 0. The summed E-state index contributed by atoms with van der Waals surface area (Å²) in [6.45, 7) is 6.50. The van der Waals surface area contributed by atoms with Crippen molar-refractivity contribution in [1.82, 2.24) is 4.90 Å². The molecule has 0 bridgehead atoms. The molecule has 18 heavy (non-hydrogen) atoms. The summed E-state index contributed by atoms with van der Waals surface area (Å²) in [5, 5.41) is 0. The van der Waals surface area contributed by atoms with Crippen LogP contribution in [0.3, 0.4) is 0 Å². The van der Waals surface area contributed by atoms with E-state index in [0.717, 1.165) is 0 Å². The molecule has 108 valence electrons. The van der Waals surface area contributed by atoms with Crippen LogP contribution >= 0.6 is 10.9 Å². The highest BCUT2D eigenvalue weighted by molar-refractivity contribution is 8.19. The molecule has 1 rings (SSSR count).